The number of allylic oxidation sites excluding steroid dienone is 3. The summed E-state index contributed by atoms with van der Waals surface area (Å²) in [7, 11) is 1.76. The van der Waals surface area contributed by atoms with Gasteiger partial charge in [0.05, 0.1) is 11.4 Å². The number of aromatic nitrogens is 1. The molecule has 0 saturated carbocycles. The molecule has 0 saturated heterocycles. The van der Waals surface area contributed by atoms with Gasteiger partial charge in [0.2, 0.25) is 0 Å². The predicted molar refractivity (Wildman–Crippen MR) is 60.8 cm³/mol. The molecule has 72 valence electrons. The van der Waals surface area contributed by atoms with Crippen LogP contribution in [0.15, 0.2) is 48.0 Å². The molecule has 1 aromatic rings. The van der Waals surface area contributed by atoms with Crippen LogP contribution in [0.5, 0.6) is 0 Å². The molecule has 0 fully saturated rings. The zero-order valence-electron chi connectivity index (χ0n) is 8.57. The van der Waals surface area contributed by atoms with Crippen LogP contribution in [-0.2, 0) is 0 Å². The fraction of sp³-hybridized carbons (Fsp3) is 0.167. The van der Waals surface area contributed by atoms with Gasteiger partial charge in [-0.25, -0.2) is 0 Å². The summed E-state index contributed by atoms with van der Waals surface area (Å²) in [6.45, 7) is 5.58. The van der Waals surface area contributed by atoms with Crippen molar-refractivity contribution in [2.45, 2.75) is 6.92 Å². The molecule has 0 N–H and O–H groups in total. The smallest absolute Gasteiger partial charge is 0.0884 e. The average molecular weight is 186 g/mol. The number of aliphatic imine (C=N–C) groups is 1. The predicted octanol–water partition coefficient (Wildman–Crippen LogP) is 2.55. The van der Waals surface area contributed by atoms with E-state index in [1.807, 2.05) is 37.3 Å². The van der Waals surface area contributed by atoms with Crippen LogP contribution in [0.2, 0.25) is 0 Å². The minimum Gasteiger partial charge on any atom is -0.286 e. The van der Waals surface area contributed by atoms with Gasteiger partial charge in [0.1, 0.15) is 0 Å². The minimum atomic E-state index is 0.869. The van der Waals surface area contributed by atoms with E-state index in [4.69, 9.17) is 0 Å². The number of rotatable bonds is 3. The van der Waals surface area contributed by atoms with Crippen molar-refractivity contribution < 1.29 is 0 Å². The lowest BCUT2D eigenvalue weighted by atomic mass is 10.2. The fourth-order valence-electron chi connectivity index (χ4n) is 1.12. The van der Waals surface area contributed by atoms with Gasteiger partial charge < -0.3 is 0 Å². The summed E-state index contributed by atoms with van der Waals surface area (Å²) in [4.78, 5) is 8.54. The highest BCUT2D eigenvalue weighted by Crippen LogP contribution is 2.01. The SMILES string of the molecule is C=C/C=C\C(=NC)c1cccc(C)n1. The third-order valence-corrected chi connectivity index (χ3v) is 1.78. The number of aryl methyl sites for hydroxylation is 1. The van der Waals surface area contributed by atoms with Crippen molar-refractivity contribution in [3.63, 3.8) is 0 Å². The second kappa shape index (κ2) is 5.12. The van der Waals surface area contributed by atoms with Crippen LogP contribution in [0.1, 0.15) is 11.4 Å². The molecule has 2 heteroatoms. The number of nitrogens with zero attached hydrogens (tertiary/aromatic N) is 2. The average Bonchev–Trinajstić information content (AvgIpc) is 2.19. The first-order valence-electron chi connectivity index (χ1n) is 4.48. The highest BCUT2D eigenvalue weighted by molar-refractivity contribution is 6.07. The number of hydrogen-bond donors (Lipinski definition) is 0. The molecule has 1 rings (SSSR count). The van der Waals surface area contributed by atoms with E-state index >= 15 is 0 Å². The Morgan fingerprint density at radius 1 is 1.50 bits per heavy atom. The zero-order chi connectivity index (χ0) is 10.4. The molecule has 0 radical (unpaired) electrons. The van der Waals surface area contributed by atoms with Crippen LogP contribution in [0, 0.1) is 6.92 Å². The summed E-state index contributed by atoms with van der Waals surface area (Å²) in [5.74, 6) is 0. The molecule has 0 aliphatic rings. The first-order valence-corrected chi connectivity index (χ1v) is 4.48. The Morgan fingerprint density at radius 3 is 2.86 bits per heavy atom. The maximum Gasteiger partial charge on any atom is 0.0884 e. The van der Waals surface area contributed by atoms with E-state index in [-0.39, 0.29) is 0 Å². The zero-order valence-corrected chi connectivity index (χ0v) is 8.57. The molecule has 2 nitrogen and oxygen atoms in total. The largest absolute Gasteiger partial charge is 0.286 e. The van der Waals surface area contributed by atoms with Gasteiger partial charge in [0.15, 0.2) is 0 Å². The first-order chi connectivity index (χ1) is 6.77. The van der Waals surface area contributed by atoms with Crippen molar-refractivity contribution in [3.05, 3.63) is 54.4 Å². The van der Waals surface area contributed by atoms with Crippen molar-refractivity contribution in [1.29, 1.82) is 0 Å². The number of pyridine rings is 1. The molecule has 1 heterocycles. The Balaban J connectivity index is 3.02. The Hall–Kier alpha value is -1.70. The minimum absolute atomic E-state index is 0.869. The summed E-state index contributed by atoms with van der Waals surface area (Å²) in [6.07, 6.45) is 5.47. The molecular formula is C12H14N2. The lowest BCUT2D eigenvalue weighted by Gasteiger charge is -2.00. The lowest BCUT2D eigenvalue weighted by molar-refractivity contribution is 1.18. The molecule has 0 aliphatic carbocycles. The van der Waals surface area contributed by atoms with Crippen LogP contribution >= 0.6 is 0 Å². The van der Waals surface area contributed by atoms with Crippen molar-refractivity contribution >= 4 is 5.71 Å². The second-order valence-corrected chi connectivity index (χ2v) is 2.87. The lowest BCUT2D eigenvalue weighted by Crippen LogP contribution is -2.00. The summed E-state index contributed by atoms with van der Waals surface area (Å²) in [6, 6.07) is 5.89. The van der Waals surface area contributed by atoms with E-state index in [0.29, 0.717) is 0 Å². The van der Waals surface area contributed by atoms with Crippen LogP contribution in [0.3, 0.4) is 0 Å². The van der Waals surface area contributed by atoms with E-state index in [9.17, 15) is 0 Å². The number of hydrogen-bond acceptors (Lipinski definition) is 2. The summed E-state index contributed by atoms with van der Waals surface area (Å²) in [5, 5.41) is 0. The highest BCUT2D eigenvalue weighted by atomic mass is 14.8. The van der Waals surface area contributed by atoms with Crippen molar-refractivity contribution in [1.82, 2.24) is 4.98 Å². The Morgan fingerprint density at radius 2 is 2.29 bits per heavy atom. The summed E-state index contributed by atoms with van der Waals surface area (Å²) in [5.41, 5.74) is 2.76. The topological polar surface area (TPSA) is 25.2 Å². The van der Waals surface area contributed by atoms with E-state index in [0.717, 1.165) is 17.1 Å². The van der Waals surface area contributed by atoms with Crippen LogP contribution < -0.4 is 0 Å². The Kier molecular flexibility index (Phi) is 3.80. The maximum atomic E-state index is 4.38. The molecule has 0 unspecified atom stereocenters. The molecule has 0 spiro atoms. The van der Waals surface area contributed by atoms with Crippen LogP contribution in [0.25, 0.3) is 0 Å². The fourth-order valence-corrected chi connectivity index (χ4v) is 1.12. The second-order valence-electron chi connectivity index (χ2n) is 2.87. The van der Waals surface area contributed by atoms with Gasteiger partial charge >= 0.3 is 0 Å². The monoisotopic (exact) mass is 186 g/mol. The van der Waals surface area contributed by atoms with Gasteiger partial charge in [-0.1, -0.05) is 24.8 Å². The molecule has 0 aromatic carbocycles. The first kappa shape index (κ1) is 10.4. The van der Waals surface area contributed by atoms with Crippen LogP contribution in [0.4, 0.5) is 0 Å². The Bertz CT molecular complexity index is 376. The third-order valence-electron chi connectivity index (χ3n) is 1.78. The molecule has 0 bridgehead atoms. The van der Waals surface area contributed by atoms with Gasteiger partial charge in [0, 0.05) is 12.7 Å². The normalized spacial score (nSPS) is 12.0. The molecular weight excluding hydrogens is 172 g/mol. The molecule has 0 aliphatic heterocycles. The van der Waals surface area contributed by atoms with Gasteiger partial charge in [-0.3, -0.25) is 9.98 Å². The molecule has 1 aromatic heterocycles. The van der Waals surface area contributed by atoms with E-state index in [2.05, 4.69) is 16.6 Å². The molecule has 0 atom stereocenters. The maximum absolute atomic E-state index is 4.38. The van der Waals surface area contributed by atoms with Crippen molar-refractivity contribution in [3.8, 4) is 0 Å². The summed E-state index contributed by atoms with van der Waals surface area (Å²) >= 11 is 0. The summed E-state index contributed by atoms with van der Waals surface area (Å²) < 4.78 is 0. The quantitative estimate of drug-likeness (QED) is 0.526. The van der Waals surface area contributed by atoms with E-state index in [1.54, 1.807) is 13.1 Å². The van der Waals surface area contributed by atoms with Gasteiger partial charge in [-0.2, -0.15) is 0 Å². The van der Waals surface area contributed by atoms with Crippen molar-refractivity contribution in [2.75, 3.05) is 7.05 Å². The third kappa shape index (κ3) is 2.66. The van der Waals surface area contributed by atoms with Gasteiger partial charge in [-0.15, -0.1) is 0 Å². The highest BCUT2D eigenvalue weighted by Gasteiger charge is 1.99. The van der Waals surface area contributed by atoms with Crippen molar-refractivity contribution in [2.24, 2.45) is 4.99 Å². The molecule has 14 heavy (non-hydrogen) atoms. The molecule has 0 amide bonds. The Labute approximate surface area is 84.7 Å². The van der Waals surface area contributed by atoms with E-state index in [1.165, 1.54) is 0 Å². The van der Waals surface area contributed by atoms with Gasteiger partial charge in [0.25, 0.3) is 0 Å². The van der Waals surface area contributed by atoms with Gasteiger partial charge in [-0.05, 0) is 25.1 Å². The van der Waals surface area contributed by atoms with Crippen LogP contribution in [-0.4, -0.2) is 17.7 Å². The standard InChI is InChI=1S/C12H14N2/c1-4-5-8-11(13-3)12-9-6-7-10(2)14-12/h4-9H,1H2,2-3H3/b8-5-,13-11?. The van der Waals surface area contributed by atoms with E-state index < -0.39 is 0 Å².